The van der Waals surface area contributed by atoms with Gasteiger partial charge in [0.05, 0.1) is 0 Å². The second-order valence-electron chi connectivity index (χ2n) is 14.0. The minimum Gasteiger partial charge on any atom is -0.456 e. The molecule has 11 rings (SSSR count). The second kappa shape index (κ2) is 13.3. The van der Waals surface area contributed by atoms with Crippen LogP contribution in [0.2, 0.25) is 0 Å². The number of fused-ring (bicyclic) bond motifs is 6. The molecule has 0 saturated heterocycles. The Kier molecular flexibility index (Phi) is 7.64. The van der Waals surface area contributed by atoms with Crippen LogP contribution in [0.3, 0.4) is 0 Å². The van der Waals surface area contributed by atoms with E-state index in [0.29, 0.717) is 17.5 Å². The Hall–Kier alpha value is -7.21. The number of rotatable bonds is 6. The van der Waals surface area contributed by atoms with Crippen LogP contribution in [-0.4, -0.2) is 15.0 Å². The third-order valence-electron chi connectivity index (χ3n) is 10.6. The topological polar surface area (TPSA) is 51.8 Å². The van der Waals surface area contributed by atoms with Gasteiger partial charge in [0.25, 0.3) is 0 Å². The zero-order chi connectivity index (χ0) is 37.0. The van der Waals surface area contributed by atoms with Gasteiger partial charge in [-0.1, -0.05) is 158 Å². The first-order chi connectivity index (χ1) is 27.7. The van der Waals surface area contributed by atoms with Gasteiger partial charge in [0.1, 0.15) is 11.2 Å². The maximum atomic E-state index is 6.26. The van der Waals surface area contributed by atoms with Crippen LogP contribution in [0.4, 0.5) is 0 Å². The number of aromatic nitrogens is 3. The van der Waals surface area contributed by atoms with Crippen molar-refractivity contribution in [3.8, 4) is 67.5 Å². The van der Waals surface area contributed by atoms with E-state index in [1.807, 2.05) is 48.5 Å². The van der Waals surface area contributed by atoms with Crippen molar-refractivity contribution in [3.63, 3.8) is 0 Å². The molecule has 0 fully saturated rings. The fourth-order valence-corrected chi connectivity index (χ4v) is 9.06. The first-order valence-corrected chi connectivity index (χ1v) is 19.5. The Morgan fingerprint density at radius 3 is 1.61 bits per heavy atom. The SMILES string of the molecule is c1ccc(-c2cccc(-c3nc(-c4ccccc4)nc(-c4ccc5c(c4)sc4cc(-c6ccccc6-c6cccc7oc8ccccc8c67)ccc45)n3)c2)cc1. The van der Waals surface area contributed by atoms with Gasteiger partial charge in [-0.05, 0) is 63.7 Å². The quantitative estimate of drug-likeness (QED) is 0.171. The summed E-state index contributed by atoms with van der Waals surface area (Å²) in [6.45, 7) is 0. The van der Waals surface area contributed by atoms with E-state index in [0.717, 1.165) is 49.8 Å². The summed E-state index contributed by atoms with van der Waals surface area (Å²) in [5, 5.41) is 4.73. The van der Waals surface area contributed by atoms with Gasteiger partial charge in [-0.2, -0.15) is 0 Å². The first-order valence-electron chi connectivity index (χ1n) is 18.7. The Balaban J connectivity index is 1.01. The molecule has 0 unspecified atom stereocenters. The predicted octanol–water partition coefficient (Wildman–Crippen LogP) is 14.1. The van der Waals surface area contributed by atoms with E-state index in [4.69, 9.17) is 19.4 Å². The highest BCUT2D eigenvalue weighted by molar-refractivity contribution is 7.25. The summed E-state index contributed by atoms with van der Waals surface area (Å²) < 4.78 is 8.68. The molecular formula is C51H31N3OS. The van der Waals surface area contributed by atoms with E-state index in [-0.39, 0.29) is 0 Å². The fourth-order valence-electron chi connectivity index (χ4n) is 7.87. The predicted molar refractivity (Wildman–Crippen MR) is 233 cm³/mol. The molecule has 8 aromatic carbocycles. The monoisotopic (exact) mass is 733 g/mol. The van der Waals surface area contributed by atoms with Crippen LogP contribution in [0.15, 0.2) is 192 Å². The molecule has 0 atom stereocenters. The van der Waals surface area contributed by atoms with Crippen LogP contribution in [0.1, 0.15) is 0 Å². The smallest absolute Gasteiger partial charge is 0.164 e. The van der Waals surface area contributed by atoms with Gasteiger partial charge >= 0.3 is 0 Å². The van der Waals surface area contributed by atoms with Gasteiger partial charge in [-0.15, -0.1) is 11.3 Å². The Morgan fingerprint density at radius 2 is 0.839 bits per heavy atom. The molecule has 56 heavy (non-hydrogen) atoms. The highest BCUT2D eigenvalue weighted by Crippen LogP contribution is 2.43. The van der Waals surface area contributed by atoms with E-state index in [2.05, 4.69) is 140 Å². The zero-order valence-electron chi connectivity index (χ0n) is 30.1. The fraction of sp³-hybridized carbons (Fsp3) is 0. The maximum Gasteiger partial charge on any atom is 0.164 e. The van der Waals surface area contributed by atoms with Crippen LogP contribution < -0.4 is 0 Å². The number of furan rings is 1. The van der Waals surface area contributed by atoms with Crippen LogP contribution in [0.5, 0.6) is 0 Å². The van der Waals surface area contributed by atoms with Gasteiger partial charge in [0.2, 0.25) is 0 Å². The van der Waals surface area contributed by atoms with Crippen molar-refractivity contribution in [2.75, 3.05) is 0 Å². The van der Waals surface area contributed by atoms with Crippen LogP contribution in [-0.2, 0) is 0 Å². The number of para-hydroxylation sites is 1. The van der Waals surface area contributed by atoms with Crippen LogP contribution in [0, 0.1) is 0 Å². The summed E-state index contributed by atoms with van der Waals surface area (Å²) >= 11 is 1.80. The molecule has 3 aromatic heterocycles. The molecule has 0 N–H and O–H groups in total. The zero-order valence-corrected chi connectivity index (χ0v) is 30.9. The number of nitrogens with zero attached hydrogens (tertiary/aromatic N) is 3. The van der Waals surface area contributed by atoms with Crippen molar-refractivity contribution in [1.82, 2.24) is 15.0 Å². The van der Waals surface area contributed by atoms with Crippen LogP contribution >= 0.6 is 11.3 Å². The molecule has 5 heteroatoms. The number of thiophene rings is 1. The highest BCUT2D eigenvalue weighted by Gasteiger charge is 2.18. The lowest BCUT2D eigenvalue weighted by Crippen LogP contribution is -2.00. The van der Waals surface area contributed by atoms with E-state index >= 15 is 0 Å². The van der Waals surface area contributed by atoms with Gasteiger partial charge in [-0.25, -0.2) is 15.0 Å². The Labute approximate surface area is 327 Å². The van der Waals surface area contributed by atoms with Gasteiger partial charge in [-0.3, -0.25) is 0 Å². The summed E-state index contributed by atoms with van der Waals surface area (Å²) in [7, 11) is 0. The molecule has 0 amide bonds. The van der Waals surface area contributed by atoms with E-state index < -0.39 is 0 Å². The summed E-state index contributed by atoms with van der Waals surface area (Å²) in [5.41, 5.74) is 11.6. The molecule has 3 heterocycles. The lowest BCUT2D eigenvalue weighted by atomic mass is 9.91. The van der Waals surface area contributed by atoms with E-state index in [1.54, 1.807) is 11.3 Å². The van der Waals surface area contributed by atoms with E-state index in [1.165, 1.54) is 42.4 Å². The largest absolute Gasteiger partial charge is 0.456 e. The van der Waals surface area contributed by atoms with E-state index in [9.17, 15) is 0 Å². The average molecular weight is 734 g/mol. The normalized spacial score (nSPS) is 11.6. The molecule has 0 spiro atoms. The molecule has 0 bridgehead atoms. The maximum absolute atomic E-state index is 6.26. The summed E-state index contributed by atoms with van der Waals surface area (Å²) in [6, 6.07) is 65.7. The van der Waals surface area contributed by atoms with Crippen molar-refractivity contribution in [1.29, 1.82) is 0 Å². The minimum atomic E-state index is 0.644. The van der Waals surface area contributed by atoms with Crippen molar-refractivity contribution in [2.45, 2.75) is 0 Å². The Morgan fingerprint density at radius 1 is 0.321 bits per heavy atom. The number of hydrogen-bond acceptors (Lipinski definition) is 5. The molecule has 11 aromatic rings. The number of benzene rings is 8. The Bertz CT molecular complexity index is 3260. The van der Waals surface area contributed by atoms with Crippen molar-refractivity contribution >= 4 is 53.4 Å². The molecule has 0 aliphatic heterocycles. The lowest BCUT2D eigenvalue weighted by molar-refractivity contribution is 0.669. The minimum absolute atomic E-state index is 0.644. The highest BCUT2D eigenvalue weighted by atomic mass is 32.1. The molecule has 0 aliphatic carbocycles. The lowest BCUT2D eigenvalue weighted by Gasteiger charge is -2.12. The third kappa shape index (κ3) is 5.56. The van der Waals surface area contributed by atoms with Gasteiger partial charge in [0, 0.05) is 47.6 Å². The average Bonchev–Trinajstić information content (AvgIpc) is 3.85. The third-order valence-corrected chi connectivity index (χ3v) is 11.7. The standard InChI is InChI=1S/C51H31N3OS/c1-3-13-32(14-4-1)34-17-11-18-36(29-34)50-52-49(33-15-5-2-6-16-33)53-51(54-50)37-26-28-41-40-27-25-35(30-46(40)56-47(41)31-37)38-19-7-8-20-39(38)42-22-12-24-45-48(42)43-21-9-10-23-44(43)55-45/h1-31H. The molecule has 0 aliphatic rings. The van der Waals surface area contributed by atoms with Gasteiger partial charge < -0.3 is 4.42 Å². The summed E-state index contributed by atoms with van der Waals surface area (Å²) in [5.74, 6) is 1.94. The number of hydrogen-bond donors (Lipinski definition) is 0. The summed E-state index contributed by atoms with van der Waals surface area (Å²) in [4.78, 5) is 15.1. The van der Waals surface area contributed by atoms with Gasteiger partial charge in [0.15, 0.2) is 17.5 Å². The molecule has 262 valence electrons. The van der Waals surface area contributed by atoms with Crippen molar-refractivity contribution in [2.24, 2.45) is 0 Å². The van der Waals surface area contributed by atoms with Crippen molar-refractivity contribution in [3.05, 3.63) is 188 Å². The first kappa shape index (κ1) is 32.2. The molecule has 0 radical (unpaired) electrons. The summed E-state index contributed by atoms with van der Waals surface area (Å²) in [6.07, 6.45) is 0. The molecule has 0 saturated carbocycles. The van der Waals surface area contributed by atoms with Crippen LogP contribution in [0.25, 0.3) is 110 Å². The second-order valence-corrected chi connectivity index (χ2v) is 15.0. The molecular weight excluding hydrogens is 703 g/mol. The van der Waals surface area contributed by atoms with Crippen molar-refractivity contribution < 1.29 is 4.42 Å². The molecule has 4 nitrogen and oxygen atoms in total.